The lowest BCUT2D eigenvalue weighted by Gasteiger charge is -2.41. The number of carbonyl (C=O) groups is 1. The number of likely N-dealkylation sites (tertiary alicyclic amines) is 1. The van der Waals surface area contributed by atoms with Crippen molar-refractivity contribution in [3.05, 3.63) is 42.2 Å². The molecule has 0 bridgehead atoms. The average molecular weight is 389 g/mol. The van der Waals surface area contributed by atoms with E-state index in [9.17, 15) is 13.6 Å². The van der Waals surface area contributed by atoms with Gasteiger partial charge < -0.3 is 10.2 Å². The molecule has 1 amide bonds. The van der Waals surface area contributed by atoms with Gasteiger partial charge in [0, 0.05) is 19.1 Å². The van der Waals surface area contributed by atoms with Crippen LogP contribution in [0.1, 0.15) is 43.7 Å². The maximum absolute atomic E-state index is 13.5. The summed E-state index contributed by atoms with van der Waals surface area (Å²) in [4.78, 5) is 19.0. The Morgan fingerprint density at radius 3 is 2.82 bits per heavy atom. The fourth-order valence-electron chi connectivity index (χ4n) is 4.40. The third-order valence-electron chi connectivity index (χ3n) is 6.00. The SMILES string of the molecule is CC(C(=O)N1CCCC([C@@H]2C[C@H](C(F)F)n3ncnc3N2)C1)c1ccccc1. The minimum absolute atomic E-state index is 0.0975. The molecule has 0 spiro atoms. The first-order chi connectivity index (χ1) is 13.5. The van der Waals surface area contributed by atoms with Crippen molar-refractivity contribution in [2.45, 2.75) is 50.6 Å². The quantitative estimate of drug-likeness (QED) is 0.872. The van der Waals surface area contributed by atoms with Crippen molar-refractivity contribution in [1.82, 2.24) is 19.7 Å². The maximum Gasteiger partial charge on any atom is 0.260 e. The Bertz CT molecular complexity index is 812. The smallest absolute Gasteiger partial charge is 0.260 e. The number of nitrogens with zero attached hydrogens (tertiary/aromatic N) is 4. The van der Waals surface area contributed by atoms with E-state index in [1.807, 2.05) is 42.2 Å². The van der Waals surface area contributed by atoms with Gasteiger partial charge in [-0.1, -0.05) is 30.3 Å². The van der Waals surface area contributed by atoms with Crippen LogP contribution in [0.5, 0.6) is 0 Å². The maximum atomic E-state index is 13.5. The van der Waals surface area contributed by atoms with Crippen molar-refractivity contribution >= 4 is 11.9 Å². The lowest BCUT2D eigenvalue weighted by atomic mass is 9.85. The average Bonchev–Trinajstić information content (AvgIpc) is 3.21. The first-order valence-electron chi connectivity index (χ1n) is 9.82. The van der Waals surface area contributed by atoms with Gasteiger partial charge in [-0.2, -0.15) is 10.1 Å². The van der Waals surface area contributed by atoms with Crippen LogP contribution in [0.4, 0.5) is 14.7 Å². The van der Waals surface area contributed by atoms with Gasteiger partial charge in [0.1, 0.15) is 12.4 Å². The van der Waals surface area contributed by atoms with Gasteiger partial charge in [-0.05, 0) is 37.7 Å². The van der Waals surface area contributed by atoms with Crippen molar-refractivity contribution in [3.8, 4) is 0 Å². The summed E-state index contributed by atoms with van der Waals surface area (Å²) in [5.41, 5.74) is 0.997. The number of piperidine rings is 1. The summed E-state index contributed by atoms with van der Waals surface area (Å²) in [7, 11) is 0. The molecule has 0 aliphatic carbocycles. The molecule has 2 aliphatic heterocycles. The molecule has 2 unspecified atom stereocenters. The number of anilines is 1. The molecule has 2 aliphatic rings. The number of fused-ring (bicyclic) bond motifs is 1. The van der Waals surface area contributed by atoms with E-state index in [0.717, 1.165) is 18.4 Å². The topological polar surface area (TPSA) is 63.1 Å². The molecule has 8 heteroatoms. The number of rotatable bonds is 4. The number of carbonyl (C=O) groups excluding carboxylic acids is 1. The molecule has 2 aromatic rings. The Morgan fingerprint density at radius 2 is 2.07 bits per heavy atom. The number of hydrogen-bond donors (Lipinski definition) is 1. The third-order valence-corrected chi connectivity index (χ3v) is 6.00. The number of amides is 1. The standard InChI is InChI=1S/C20H25F2N5O/c1-13(14-6-3-2-4-7-14)19(28)26-9-5-8-15(11-26)16-10-17(18(21)22)27-20(25-16)23-12-24-27/h2-4,6-7,12-13,15-18H,5,8-11H2,1H3,(H,23,24,25)/t13?,15?,16-,17+/m0/s1. The van der Waals surface area contributed by atoms with E-state index in [4.69, 9.17) is 0 Å². The normalized spacial score (nSPS) is 25.9. The first kappa shape index (κ1) is 18.8. The van der Waals surface area contributed by atoms with Crippen LogP contribution in [0.3, 0.4) is 0 Å². The number of halogens is 2. The monoisotopic (exact) mass is 389 g/mol. The summed E-state index contributed by atoms with van der Waals surface area (Å²) in [5.74, 6) is 0.395. The van der Waals surface area contributed by atoms with Gasteiger partial charge in [-0.25, -0.2) is 13.5 Å². The van der Waals surface area contributed by atoms with E-state index < -0.39 is 12.5 Å². The minimum Gasteiger partial charge on any atom is -0.351 e. The predicted molar refractivity (Wildman–Crippen MR) is 101 cm³/mol. The fraction of sp³-hybridized carbons (Fsp3) is 0.550. The second-order valence-corrected chi connectivity index (χ2v) is 7.74. The van der Waals surface area contributed by atoms with Gasteiger partial charge in [0.2, 0.25) is 11.9 Å². The summed E-state index contributed by atoms with van der Waals surface area (Å²) in [6.45, 7) is 3.22. The molecule has 1 N–H and O–H groups in total. The number of hydrogen-bond acceptors (Lipinski definition) is 4. The molecular formula is C20H25F2N5O. The Kier molecular flexibility index (Phi) is 5.28. The highest BCUT2D eigenvalue weighted by Crippen LogP contribution is 2.35. The fourth-order valence-corrected chi connectivity index (χ4v) is 4.40. The minimum atomic E-state index is -2.50. The second kappa shape index (κ2) is 7.85. The Morgan fingerprint density at radius 1 is 1.29 bits per heavy atom. The number of alkyl halides is 2. The van der Waals surface area contributed by atoms with Crippen LogP contribution < -0.4 is 5.32 Å². The molecule has 0 radical (unpaired) electrons. The molecule has 4 atom stereocenters. The van der Waals surface area contributed by atoms with Gasteiger partial charge in [0.15, 0.2) is 0 Å². The zero-order chi connectivity index (χ0) is 19.7. The highest BCUT2D eigenvalue weighted by atomic mass is 19.3. The second-order valence-electron chi connectivity index (χ2n) is 7.74. The lowest BCUT2D eigenvalue weighted by Crippen LogP contribution is -2.49. The van der Waals surface area contributed by atoms with Crippen LogP contribution in [0.15, 0.2) is 36.7 Å². The molecule has 28 heavy (non-hydrogen) atoms. The molecule has 6 nitrogen and oxygen atoms in total. The molecule has 1 aromatic heterocycles. The summed E-state index contributed by atoms with van der Waals surface area (Å²) < 4.78 is 28.4. The van der Waals surface area contributed by atoms with Crippen LogP contribution >= 0.6 is 0 Å². The summed E-state index contributed by atoms with van der Waals surface area (Å²) in [5, 5.41) is 7.21. The van der Waals surface area contributed by atoms with E-state index in [1.54, 1.807) is 0 Å². The van der Waals surface area contributed by atoms with Crippen molar-refractivity contribution in [2.24, 2.45) is 5.92 Å². The van der Waals surface area contributed by atoms with Crippen LogP contribution in [-0.2, 0) is 4.79 Å². The molecule has 1 fully saturated rings. The van der Waals surface area contributed by atoms with Gasteiger partial charge >= 0.3 is 0 Å². The zero-order valence-corrected chi connectivity index (χ0v) is 15.8. The summed E-state index contributed by atoms with van der Waals surface area (Å²) in [6, 6.07) is 8.62. The zero-order valence-electron chi connectivity index (χ0n) is 15.8. The molecule has 4 rings (SSSR count). The van der Waals surface area contributed by atoms with E-state index in [2.05, 4.69) is 15.4 Å². The van der Waals surface area contributed by atoms with Crippen molar-refractivity contribution in [1.29, 1.82) is 0 Å². The van der Waals surface area contributed by atoms with Gasteiger partial charge in [-0.3, -0.25) is 4.79 Å². The van der Waals surface area contributed by atoms with Crippen molar-refractivity contribution in [3.63, 3.8) is 0 Å². The predicted octanol–water partition coefficient (Wildman–Crippen LogP) is 3.31. The lowest BCUT2D eigenvalue weighted by molar-refractivity contribution is -0.134. The molecular weight excluding hydrogens is 364 g/mol. The summed E-state index contributed by atoms with van der Waals surface area (Å²) >= 11 is 0. The number of benzene rings is 1. The highest BCUT2D eigenvalue weighted by Gasteiger charge is 2.39. The van der Waals surface area contributed by atoms with E-state index in [0.29, 0.717) is 19.0 Å². The third kappa shape index (κ3) is 3.59. The molecule has 0 saturated carbocycles. The molecule has 3 heterocycles. The largest absolute Gasteiger partial charge is 0.351 e. The first-order valence-corrected chi connectivity index (χ1v) is 9.82. The molecule has 150 valence electrons. The summed E-state index contributed by atoms with van der Waals surface area (Å²) in [6.07, 6.45) is 0.880. The van der Waals surface area contributed by atoms with Crippen LogP contribution in [0, 0.1) is 5.92 Å². The van der Waals surface area contributed by atoms with E-state index >= 15 is 0 Å². The van der Waals surface area contributed by atoms with Crippen molar-refractivity contribution in [2.75, 3.05) is 18.4 Å². The molecule has 1 aromatic carbocycles. The highest BCUT2D eigenvalue weighted by molar-refractivity contribution is 5.83. The number of aromatic nitrogens is 3. The van der Waals surface area contributed by atoms with Gasteiger partial charge in [0.25, 0.3) is 6.43 Å². The van der Waals surface area contributed by atoms with Crippen LogP contribution in [0.25, 0.3) is 0 Å². The molecule has 1 saturated heterocycles. The van der Waals surface area contributed by atoms with E-state index in [1.165, 1.54) is 11.0 Å². The van der Waals surface area contributed by atoms with Gasteiger partial charge in [0.05, 0.1) is 5.92 Å². The number of nitrogens with one attached hydrogen (secondary N) is 1. The van der Waals surface area contributed by atoms with Crippen molar-refractivity contribution < 1.29 is 13.6 Å². The van der Waals surface area contributed by atoms with E-state index in [-0.39, 0.29) is 30.2 Å². The Balaban J connectivity index is 1.46. The van der Waals surface area contributed by atoms with Crippen LogP contribution in [0.2, 0.25) is 0 Å². The Labute approximate surface area is 162 Å². The Hall–Kier alpha value is -2.51. The van der Waals surface area contributed by atoms with Crippen LogP contribution in [-0.4, -0.2) is 51.1 Å². The van der Waals surface area contributed by atoms with Gasteiger partial charge in [-0.15, -0.1) is 0 Å².